The number of carbonyl (C=O) groups is 3. The number of nitrogens with one attached hydrogen (secondary N) is 1. The second-order valence-corrected chi connectivity index (χ2v) is 9.29. The number of anilines is 2. The van der Waals surface area contributed by atoms with Crippen molar-refractivity contribution in [3.8, 4) is 11.1 Å². The predicted octanol–water partition coefficient (Wildman–Crippen LogP) is 3.21. The van der Waals surface area contributed by atoms with Crippen molar-refractivity contribution in [1.82, 2.24) is 0 Å². The molecule has 0 atom stereocenters. The Hall–Kier alpha value is -4.25. The highest BCUT2D eigenvalue weighted by Gasteiger charge is 2.36. The Bertz CT molecular complexity index is 1470. The number of fused-ring (bicyclic) bond motifs is 3. The lowest BCUT2D eigenvalue weighted by Crippen LogP contribution is -2.40. The van der Waals surface area contributed by atoms with Gasteiger partial charge in [0.1, 0.15) is 12.4 Å². The van der Waals surface area contributed by atoms with Crippen LogP contribution in [-0.2, 0) is 24.3 Å². The monoisotopic (exact) mass is 498 g/mol. The molecular formula is C24H19FN2O7S. The van der Waals surface area contributed by atoms with Crippen molar-refractivity contribution in [2.75, 3.05) is 30.4 Å². The van der Waals surface area contributed by atoms with E-state index in [0.29, 0.717) is 11.1 Å². The van der Waals surface area contributed by atoms with Crippen LogP contribution in [0.25, 0.3) is 11.1 Å². The van der Waals surface area contributed by atoms with Gasteiger partial charge in [0.05, 0.1) is 41.6 Å². The number of hydrogen-bond donors (Lipinski definition) is 1. The van der Waals surface area contributed by atoms with Crippen LogP contribution in [0.4, 0.5) is 15.8 Å². The molecule has 1 amide bonds. The van der Waals surface area contributed by atoms with E-state index in [2.05, 4.69) is 10.1 Å². The van der Waals surface area contributed by atoms with E-state index in [-0.39, 0.29) is 27.4 Å². The molecule has 0 aromatic heterocycles. The lowest BCUT2D eigenvalue weighted by molar-refractivity contribution is -0.114. The van der Waals surface area contributed by atoms with E-state index >= 15 is 0 Å². The number of nitrogens with zero attached hydrogens (tertiary/aromatic N) is 1. The Kier molecular flexibility index (Phi) is 6.27. The fraction of sp³-hybridized carbons (Fsp3) is 0.125. The first kappa shape index (κ1) is 23.9. The zero-order valence-corrected chi connectivity index (χ0v) is 19.4. The number of methoxy groups -OCH3 is 2. The Morgan fingerprint density at radius 3 is 2.34 bits per heavy atom. The van der Waals surface area contributed by atoms with Crippen molar-refractivity contribution < 1.29 is 36.7 Å². The minimum absolute atomic E-state index is 0.0517. The number of hydrogen-bond acceptors (Lipinski definition) is 7. The maximum Gasteiger partial charge on any atom is 0.339 e. The van der Waals surface area contributed by atoms with Gasteiger partial charge in [0.2, 0.25) is 5.91 Å². The zero-order chi connectivity index (χ0) is 25.3. The van der Waals surface area contributed by atoms with Gasteiger partial charge in [0.15, 0.2) is 0 Å². The molecule has 0 spiro atoms. The molecule has 1 heterocycles. The van der Waals surface area contributed by atoms with Gasteiger partial charge in [-0.1, -0.05) is 18.2 Å². The topological polar surface area (TPSA) is 119 Å². The molecule has 0 aliphatic carbocycles. The van der Waals surface area contributed by atoms with E-state index in [1.54, 1.807) is 12.1 Å². The van der Waals surface area contributed by atoms with Crippen LogP contribution in [0.15, 0.2) is 65.6 Å². The summed E-state index contributed by atoms with van der Waals surface area (Å²) in [7, 11) is -1.85. The molecule has 0 fully saturated rings. The number of carbonyl (C=O) groups excluding carboxylic acids is 3. The third kappa shape index (κ3) is 4.33. The summed E-state index contributed by atoms with van der Waals surface area (Å²) < 4.78 is 51.0. The van der Waals surface area contributed by atoms with E-state index in [1.807, 2.05) is 0 Å². The van der Waals surface area contributed by atoms with E-state index < -0.39 is 40.2 Å². The number of benzene rings is 3. The number of halogens is 1. The van der Waals surface area contributed by atoms with Crippen LogP contribution in [0.2, 0.25) is 0 Å². The van der Waals surface area contributed by atoms with Crippen molar-refractivity contribution in [1.29, 1.82) is 0 Å². The smallest absolute Gasteiger partial charge is 0.339 e. The zero-order valence-electron chi connectivity index (χ0n) is 18.6. The molecule has 4 rings (SSSR count). The van der Waals surface area contributed by atoms with Crippen LogP contribution in [0.5, 0.6) is 0 Å². The molecule has 0 unspecified atom stereocenters. The summed E-state index contributed by atoms with van der Waals surface area (Å²) >= 11 is 0. The van der Waals surface area contributed by atoms with Crippen molar-refractivity contribution in [2.45, 2.75) is 4.90 Å². The summed E-state index contributed by atoms with van der Waals surface area (Å²) in [5, 5.41) is 2.47. The number of esters is 2. The van der Waals surface area contributed by atoms with Crippen LogP contribution in [-0.4, -0.2) is 47.0 Å². The van der Waals surface area contributed by atoms with Gasteiger partial charge in [-0.25, -0.2) is 22.4 Å². The van der Waals surface area contributed by atoms with Crippen LogP contribution < -0.4 is 9.62 Å². The summed E-state index contributed by atoms with van der Waals surface area (Å²) in [5.41, 5.74) is 0.679. The summed E-state index contributed by atoms with van der Waals surface area (Å²) in [6, 6.07) is 13.5. The van der Waals surface area contributed by atoms with Gasteiger partial charge in [0.25, 0.3) is 10.0 Å². The lowest BCUT2D eigenvalue weighted by Gasteiger charge is -2.31. The lowest BCUT2D eigenvalue weighted by atomic mass is 10.0. The van der Waals surface area contributed by atoms with E-state index in [1.165, 1.54) is 49.6 Å². The SMILES string of the molecule is COC(=O)c1ccc(C(=O)OC)c(NC(=O)CN2c3ccc(F)cc3-c3ccccc3S2(=O)=O)c1. The largest absolute Gasteiger partial charge is 0.465 e. The first-order chi connectivity index (χ1) is 16.7. The minimum atomic E-state index is -4.17. The summed E-state index contributed by atoms with van der Waals surface area (Å²) in [4.78, 5) is 37.0. The molecule has 11 heteroatoms. The Labute approximate surface area is 200 Å². The molecule has 0 radical (unpaired) electrons. The molecule has 0 saturated heterocycles. The van der Waals surface area contributed by atoms with Gasteiger partial charge < -0.3 is 14.8 Å². The number of ether oxygens (including phenoxy) is 2. The van der Waals surface area contributed by atoms with Crippen molar-refractivity contribution in [3.05, 3.63) is 77.6 Å². The fourth-order valence-corrected chi connectivity index (χ4v) is 5.42. The van der Waals surface area contributed by atoms with Gasteiger partial charge in [-0.3, -0.25) is 9.10 Å². The molecule has 35 heavy (non-hydrogen) atoms. The maximum atomic E-state index is 14.0. The van der Waals surface area contributed by atoms with Gasteiger partial charge in [-0.2, -0.15) is 0 Å². The van der Waals surface area contributed by atoms with Gasteiger partial charge in [-0.15, -0.1) is 0 Å². The van der Waals surface area contributed by atoms with Crippen LogP contribution >= 0.6 is 0 Å². The molecule has 180 valence electrons. The highest BCUT2D eigenvalue weighted by molar-refractivity contribution is 7.93. The number of sulfonamides is 1. The standard InChI is InChI=1S/C24H19FN2O7S/c1-33-23(29)14-7-9-17(24(30)34-2)19(11-14)26-22(28)13-27-20-10-8-15(25)12-18(20)16-5-3-4-6-21(16)35(27,31)32/h3-12H,13H2,1-2H3,(H,26,28). The Morgan fingerprint density at radius 1 is 0.914 bits per heavy atom. The van der Waals surface area contributed by atoms with Gasteiger partial charge in [-0.05, 0) is 42.5 Å². The quantitative estimate of drug-likeness (QED) is 0.537. The highest BCUT2D eigenvalue weighted by atomic mass is 32.2. The highest BCUT2D eigenvalue weighted by Crippen LogP contribution is 2.43. The molecule has 1 N–H and O–H groups in total. The van der Waals surface area contributed by atoms with Crippen LogP contribution in [0, 0.1) is 5.82 Å². The minimum Gasteiger partial charge on any atom is -0.465 e. The van der Waals surface area contributed by atoms with Crippen LogP contribution in [0.3, 0.4) is 0 Å². The number of rotatable bonds is 5. The molecule has 0 bridgehead atoms. The molecule has 0 saturated carbocycles. The molecule has 3 aromatic carbocycles. The van der Waals surface area contributed by atoms with Crippen molar-refractivity contribution >= 4 is 39.2 Å². The van der Waals surface area contributed by atoms with Crippen LogP contribution in [0.1, 0.15) is 20.7 Å². The summed E-state index contributed by atoms with van der Waals surface area (Å²) in [5.74, 6) is -2.86. The first-order valence-electron chi connectivity index (χ1n) is 10.2. The van der Waals surface area contributed by atoms with E-state index in [9.17, 15) is 27.2 Å². The van der Waals surface area contributed by atoms with Gasteiger partial charge >= 0.3 is 11.9 Å². The summed E-state index contributed by atoms with van der Waals surface area (Å²) in [6.45, 7) is -0.682. The average Bonchev–Trinajstić information content (AvgIpc) is 2.85. The third-order valence-electron chi connectivity index (χ3n) is 5.38. The molecular weight excluding hydrogens is 479 g/mol. The molecule has 3 aromatic rings. The maximum absolute atomic E-state index is 14.0. The molecule has 1 aliphatic rings. The normalized spacial score (nSPS) is 13.3. The third-order valence-corrected chi connectivity index (χ3v) is 7.20. The number of amides is 1. The fourth-order valence-electron chi connectivity index (χ4n) is 3.77. The second-order valence-electron chi connectivity index (χ2n) is 7.46. The summed E-state index contributed by atoms with van der Waals surface area (Å²) in [6.07, 6.45) is 0. The molecule has 9 nitrogen and oxygen atoms in total. The predicted molar refractivity (Wildman–Crippen MR) is 124 cm³/mol. The van der Waals surface area contributed by atoms with E-state index in [0.717, 1.165) is 17.5 Å². The van der Waals surface area contributed by atoms with E-state index in [4.69, 9.17) is 4.74 Å². The average molecular weight is 498 g/mol. The van der Waals surface area contributed by atoms with Gasteiger partial charge in [0, 0.05) is 11.1 Å². The first-order valence-corrected chi connectivity index (χ1v) is 11.6. The Balaban J connectivity index is 1.72. The second kappa shape index (κ2) is 9.18. The van der Waals surface area contributed by atoms with Crippen molar-refractivity contribution in [2.24, 2.45) is 0 Å². The molecule has 1 aliphatic heterocycles. The van der Waals surface area contributed by atoms with Crippen molar-refractivity contribution in [3.63, 3.8) is 0 Å². The Morgan fingerprint density at radius 2 is 1.63 bits per heavy atom.